The highest BCUT2D eigenvalue weighted by Gasteiger charge is 2.25. The van der Waals surface area contributed by atoms with Gasteiger partial charge in [0, 0.05) is 5.41 Å². The fourth-order valence-corrected chi connectivity index (χ4v) is 1.99. The summed E-state index contributed by atoms with van der Waals surface area (Å²) in [5.74, 6) is 0.736. The Balaban J connectivity index is 2.07. The number of para-hydroxylation sites is 3. The van der Waals surface area contributed by atoms with Crippen LogP contribution in [0.1, 0.15) is 27.7 Å². The molecule has 132 valence electrons. The van der Waals surface area contributed by atoms with Crippen LogP contribution in [0.25, 0.3) is 0 Å². The van der Waals surface area contributed by atoms with Crippen molar-refractivity contribution in [2.45, 2.75) is 33.7 Å². The van der Waals surface area contributed by atoms with Crippen molar-refractivity contribution in [1.82, 2.24) is 5.32 Å². The number of rotatable bonds is 5. The number of nitrogens with one attached hydrogen (secondary N) is 2. The van der Waals surface area contributed by atoms with E-state index in [0.717, 1.165) is 0 Å². The first-order valence-corrected chi connectivity index (χ1v) is 8.21. The topological polar surface area (TPSA) is 67.4 Å². The summed E-state index contributed by atoms with van der Waals surface area (Å²) in [5.41, 5.74) is -0.00344. The zero-order valence-electron chi connectivity index (χ0n) is 15.0. The minimum Gasteiger partial charge on any atom is -0.455 e. The summed E-state index contributed by atoms with van der Waals surface area (Å²) in [7, 11) is 0. The second kappa shape index (κ2) is 7.83. The number of ether oxygens (including phenoxy) is 1. The molecule has 0 aromatic heterocycles. The fraction of sp³-hybridized carbons (Fsp3) is 0.300. The molecule has 0 heterocycles. The van der Waals surface area contributed by atoms with E-state index in [4.69, 9.17) is 4.74 Å². The average Bonchev–Trinajstić information content (AvgIpc) is 2.56. The van der Waals surface area contributed by atoms with E-state index in [0.29, 0.717) is 17.2 Å². The number of anilines is 1. The summed E-state index contributed by atoms with van der Waals surface area (Å²) < 4.78 is 5.82. The lowest BCUT2D eigenvalue weighted by Crippen LogP contribution is -2.46. The molecule has 2 aromatic rings. The van der Waals surface area contributed by atoms with E-state index in [9.17, 15) is 9.59 Å². The number of carbonyl (C=O) groups excluding carboxylic acids is 2. The number of carbonyl (C=O) groups is 2. The third kappa shape index (κ3) is 5.35. The van der Waals surface area contributed by atoms with Gasteiger partial charge < -0.3 is 15.4 Å². The molecule has 5 heteroatoms. The zero-order chi connectivity index (χ0) is 18.4. The molecule has 0 saturated carbocycles. The highest BCUT2D eigenvalue weighted by molar-refractivity contribution is 5.98. The van der Waals surface area contributed by atoms with Crippen molar-refractivity contribution in [3.8, 4) is 11.5 Å². The lowest BCUT2D eigenvalue weighted by molar-refractivity contribution is -0.131. The van der Waals surface area contributed by atoms with Crippen molar-refractivity contribution in [1.29, 1.82) is 0 Å². The molecule has 2 aromatic carbocycles. The molecule has 0 radical (unpaired) electrons. The van der Waals surface area contributed by atoms with Gasteiger partial charge in [-0.05, 0) is 31.2 Å². The Morgan fingerprint density at radius 3 is 2.20 bits per heavy atom. The summed E-state index contributed by atoms with van der Waals surface area (Å²) in [4.78, 5) is 24.4. The summed E-state index contributed by atoms with van der Waals surface area (Å²) in [5, 5.41) is 5.53. The largest absolute Gasteiger partial charge is 0.455 e. The molecule has 0 aliphatic carbocycles. The highest BCUT2D eigenvalue weighted by Crippen LogP contribution is 2.29. The van der Waals surface area contributed by atoms with Gasteiger partial charge in [0.2, 0.25) is 11.8 Å². The minimum atomic E-state index is -0.656. The van der Waals surface area contributed by atoms with Gasteiger partial charge in [-0.15, -0.1) is 0 Å². The first kappa shape index (κ1) is 18.5. The van der Waals surface area contributed by atoms with E-state index < -0.39 is 11.5 Å². The maximum absolute atomic E-state index is 12.4. The SMILES string of the molecule is CC(NC(=O)C(C)(C)C)C(=O)Nc1ccccc1Oc1ccccc1. The Morgan fingerprint density at radius 2 is 1.56 bits per heavy atom. The standard InChI is InChI=1S/C20H24N2O3/c1-14(21-19(24)20(2,3)4)18(23)22-16-12-8-9-13-17(16)25-15-10-6-5-7-11-15/h5-14H,1-4H3,(H,21,24)(H,22,23). The summed E-state index contributed by atoms with van der Waals surface area (Å²) >= 11 is 0. The Kier molecular flexibility index (Phi) is 5.80. The molecule has 0 aliphatic heterocycles. The zero-order valence-corrected chi connectivity index (χ0v) is 15.0. The second-order valence-electron chi connectivity index (χ2n) is 6.85. The molecule has 1 unspecified atom stereocenters. The van der Waals surface area contributed by atoms with E-state index >= 15 is 0 Å². The van der Waals surface area contributed by atoms with Gasteiger partial charge in [-0.2, -0.15) is 0 Å². The van der Waals surface area contributed by atoms with E-state index in [-0.39, 0.29) is 11.8 Å². The molecule has 0 fully saturated rings. The van der Waals surface area contributed by atoms with Gasteiger partial charge in [-0.1, -0.05) is 51.1 Å². The molecule has 0 bridgehead atoms. The van der Waals surface area contributed by atoms with Gasteiger partial charge >= 0.3 is 0 Å². The maximum Gasteiger partial charge on any atom is 0.246 e. The van der Waals surface area contributed by atoms with Gasteiger partial charge in [0.1, 0.15) is 11.8 Å². The van der Waals surface area contributed by atoms with E-state index in [1.165, 1.54) is 0 Å². The summed E-state index contributed by atoms with van der Waals surface area (Å²) in [6.07, 6.45) is 0. The second-order valence-corrected chi connectivity index (χ2v) is 6.85. The molecule has 0 aliphatic rings. The molecule has 1 atom stereocenters. The Hall–Kier alpha value is -2.82. The molecule has 0 spiro atoms. The van der Waals surface area contributed by atoms with Crippen LogP contribution in [0.3, 0.4) is 0 Å². The van der Waals surface area contributed by atoms with Crippen molar-refractivity contribution < 1.29 is 14.3 Å². The molecule has 2 amide bonds. The Morgan fingerprint density at radius 1 is 0.960 bits per heavy atom. The van der Waals surface area contributed by atoms with Crippen LogP contribution in [0.4, 0.5) is 5.69 Å². The van der Waals surface area contributed by atoms with Gasteiger partial charge in [0.25, 0.3) is 0 Å². The van der Waals surface area contributed by atoms with Crippen LogP contribution in [0.2, 0.25) is 0 Å². The first-order valence-electron chi connectivity index (χ1n) is 8.21. The van der Waals surface area contributed by atoms with Crippen LogP contribution >= 0.6 is 0 Å². The molecule has 2 N–H and O–H groups in total. The smallest absolute Gasteiger partial charge is 0.246 e. The van der Waals surface area contributed by atoms with Gasteiger partial charge in [0.15, 0.2) is 5.75 Å². The molecular weight excluding hydrogens is 316 g/mol. The Bertz CT molecular complexity index is 736. The van der Waals surface area contributed by atoms with Crippen molar-refractivity contribution in [2.75, 3.05) is 5.32 Å². The molecule has 25 heavy (non-hydrogen) atoms. The third-order valence-electron chi connectivity index (χ3n) is 3.54. The predicted octanol–water partition coefficient (Wildman–Crippen LogP) is 3.97. The van der Waals surface area contributed by atoms with Gasteiger partial charge in [-0.3, -0.25) is 9.59 Å². The van der Waals surface area contributed by atoms with Gasteiger partial charge in [-0.25, -0.2) is 0 Å². The molecule has 2 rings (SSSR count). The number of hydrogen-bond acceptors (Lipinski definition) is 3. The minimum absolute atomic E-state index is 0.177. The normalized spacial score (nSPS) is 12.2. The van der Waals surface area contributed by atoms with Crippen molar-refractivity contribution in [3.63, 3.8) is 0 Å². The monoisotopic (exact) mass is 340 g/mol. The highest BCUT2D eigenvalue weighted by atomic mass is 16.5. The quantitative estimate of drug-likeness (QED) is 0.865. The number of amides is 2. The lowest BCUT2D eigenvalue weighted by Gasteiger charge is -2.21. The van der Waals surface area contributed by atoms with Crippen LogP contribution in [-0.2, 0) is 9.59 Å². The predicted molar refractivity (Wildman–Crippen MR) is 98.6 cm³/mol. The number of benzene rings is 2. The van der Waals surface area contributed by atoms with Crippen LogP contribution < -0.4 is 15.4 Å². The van der Waals surface area contributed by atoms with Crippen LogP contribution in [0, 0.1) is 5.41 Å². The van der Waals surface area contributed by atoms with Crippen LogP contribution in [-0.4, -0.2) is 17.9 Å². The summed E-state index contributed by atoms with van der Waals surface area (Å²) in [6.45, 7) is 7.06. The third-order valence-corrected chi connectivity index (χ3v) is 3.54. The molecular formula is C20H24N2O3. The van der Waals surface area contributed by atoms with E-state index in [1.807, 2.05) is 42.5 Å². The van der Waals surface area contributed by atoms with Crippen LogP contribution in [0.15, 0.2) is 54.6 Å². The molecule has 5 nitrogen and oxygen atoms in total. The van der Waals surface area contributed by atoms with Crippen molar-refractivity contribution >= 4 is 17.5 Å². The van der Waals surface area contributed by atoms with Gasteiger partial charge in [0.05, 0.1) is 5.69 Å². The molecule has 0 saturated heterocycles. The fourth-order valence-electron chi connectivity index (χ4n) is 1.99. The van der Waals surface area contributed by atoms with E-state index in [1.54, 1.807) is 39.8 Å². The Labute approximate surface area is 148 Å². The summed E-state index contributed by atoms with van der Waals surface area (Å²) in [6, 6.07) is 15.9. The number of hydrogen-bond donors (Lipinski definition) is 2. The van der Waals surface area contributed by atoms with Crippen molar-refractivity contribution in [3.05, 3.63) is 54.6 Å². The lowest BCUT2D eigenvalue weighted by atomic mass is 9.95. The van der Waals surface area contributed by atoms with E-state index in [2.05, 4.69) is 10.6 Å². The maximum atomic E-state index is 12.4. The van der Waals surface area contributed by atoms with Crippen molar-refractivity contribution in [2.24, 2.45) is 5.41 Å². The van der Waals surface area contributed by atoms with Crippen LogP contribution in [0.5, 0.6) is 11.5 Å². The first-order chi connectivity index (χ1) is 11.8. The average molecular weight is 340 g/mol.